The van der Waals surface area contributed by atoms with E-state index >= 15 is 0 Å². The highest BCUT2D eigenvalue weighted by Crippen LogP contribution is 2.41. The molecule has 2 atom stereocenters. The van der Waals surface area contributed by atoms with Crippen LogP contribution in [0.4, 0.5) is 0 Å². The Morgan fingerprint density at radius 1 is 1.00 bits per heavy atom. The van der Waals surface area contributed by atoms with Gasteiger partial charge in [0.1, 0.15) is 24.2 Å². The standard InChI is InChI=1S/C36H34O4/c1-4-9-27(22-35(37)38)28-14-17-32-29(20-28)15-18-33(40-32)30-16-19-34(39-23-26-12-6-5-7-13-26)31(21-30)36-24(2)10-8-11-25(36)3/h5-8,10-14,16-17,19-21,27,33H,15,18,22-23H2,1-3H3,(H,37,38). The van der Waals surface area contributed by atoms with Gasteiger partial charge >= 0.3 is 5.97 Å². The van der Waals surface area contributed by atoms with Gasteiger partial charge in [-0.15, -0.1) is 5.92 Å². The van der Waals surface area contributed by atoms with Gasteiger partial charge in [0, 0.05) is 5.56 Å². The lowest BCUT2D eigenvalue weighted by molar-refractivity contribution is -0.137. The second kappa shape index (κ2) is 12.1. The van der Waals surface area contributed by atoms with E-state index < -0.39 is 5.97 Å². The Morgan fingerprint density at radius 2 is 1.77 bits per heavy atom. The van der Waals surface area contributed by atoms with E-state index in [4.69, 9.17) is 9.47 Å². The van der Waals surface area contributed by atoms with Gasteiger partial charge in [-0.2, -0.15) is 0 Å². The molecule has 0 aliphatic carbocycles. The van der Waals surface area contributed by atoms with Gasteiger partial charge in [-0.25, -0.2) is 0 Å². The summed E-state index contributed by atoms with van der Waals surface area (Å²) in [6.07, 6.45) is 1.58. The molecule has 202 valence electrons. The van der Waals surface area contributed by atoms with Crippen LogP contribution in [-0.4, -0.2) is 11.1 Å². The van der Waals surface area contributed by atoms with E-state index in [1.54, 1.807) is 6.92 Å². The van der Waals surface area contributed by atoms with Gasteiger partial charge in [0.05, 0.1) is 12.3 Å². The van der Waals surface area contributed by atoms with E-state index in [1.165, 1.54) is 16.7 Å². The van der Waals surface area contributed by atoms with E-state index in [0.29, 0.717) is 6.61 Å². The van der Waals surface area contributed by atoms with Crippen LogP contribution in [0.3, 0.4) is 0 Å². The number of ether oxygens (including phenoxy) is 2. The third kappa shape index (κ3) is 6.05. The first-order valence-electron chi connectivity index (χ1n) is 13.7. The number of carboxylic acids is 1. The molecule has 0 aromatic heterocycles. The molecule has 0 amide bonds. The number of carboxylic acid groups (broad SMARTS) is 1. The zero-order chi connectivity index (χ0) is 28.1. The van der Waals surface area contributed by atoms with Gasteiger partial charge in [-0.3, -0.25) is 4.79 Å². The van der Waals surface area contributed by atoms with Crippen LogP contribution in [0, 0.1) is 25.7 Å². The molecule has 4 aromatic rings. The molecule has 5 rings (SSSR count). The van der Waals surface area contributed by atoms with Gasteiger partial charge in [0.15, 0.2) is 0 Å². The fourth-order valence-corrected chi connectivity index (χ4v) is 5.50. The highest BCUT2D eigenvalue weighted by molar-refractivity contribution is 5.77. The first kappa shape index (κ1) is 27.1. The zero-order valence-corrected chi connectivity index (χ0v) is 23.2. The summed E-state index contributed by atoms with van der Waals surface area (Å²) in [5, 5.41) is 9.32. The minimum atomic E-state index is -0.849. The molecule has 1 heterocycles. The quantitative estimate of drug-likeness (QED) is 0.233. The number of hydrogen-bond donors (Lipinski definition) is 1. The van der Waals surface area contributed by atoms with Crippen molar-refractivity contribution in [1.82, 2.24) is 0 Å². The Kier molecular flexibility index (Phi) is 8.22. The lowest BCUT2D eigenvalue weighted by Gasteiger charge is -2.28. The van der Waals surface area contributed by atoms with Crippen molar-refractivity contribution in [2.45, 2.75) is 58.7 Å². The van der Waals surface area contributed by atoms with Crippen LogP contribution in [-0.2, 0) is 17.8 Å². The molecule has 1 N–H and O–H groups in total. The number of aliphatic carboxylic acids is 1. The van der Waals surface area contributed by atoms with Gasteiger partial charge in [-0.05, 0) is 90.8 Å². The second-order valence-corrected chi connectivity index (χ2v) is 10.4. The van der Waals surface area contributed by atoms with Gasteiger partial charge in [0.2, 0.25) is 0 Å². The Labute approximate surface area is 236 Å². The predicted molar refractivity (Wildman–Crippen MR) is 159 cm³/mol. The molecule has 1 aliphatic heterocycles. The number of rotatable bonds is 8. The number of benzene rings is 4. The minimum absolute atomic E-state index is 0.0110. The van der Waals surface area contributed by atoms with Crippen LogP contribution in [0.25, 0.3) is 11.1 Å². The lowest BCUT2D eigenvalue weighted by Crippen LogP contribution is -2.16. The normalized spacial score (nSPS) is 14.7. The van der Waals surface area contributed by atoms with Crippen LogP contribution in [0.2, 0.25) is 0 Å². The van der Waals surface area contributed by atoms with E-state index in [2.05, 4.69) is 80.3 Å². The molecular weight excluding hydrogens is 496 g/mol. The number of aryl methyl sites for hydroxylation is 3. The molecule has 0 bridgehead atoms. The molecule has 2 unspecified atom stereocenters. The van der Waals surface area contributed by atoms with Crippen LogP contribution in [0.1, 0.15) is 65.2 Å². The molecule has 4 aromatic carbocycles. The van der Waals surface area contributed by atoms with Crippen molar-refractivity contribution >= 4 is 5.97 Å². The van der Waals surface area contributed by atoms with Crippen molar-refractivity contribution in [3.8, 4) is 34.5 Å². The van der Waals surface area contributed by atoms with E-state index in [0.717, 1.165) is 52.2 Å². The highest BCUT2D eigenvalue weighted by atomic mass is 16.5. The molecule has 0 saturated carbocycles. The van der Waals surface area contributed by atoms with Gasteiger partial charge in [0.25, 0.3) is 0 Å². The van der Waals surface area contributed by atoms with E-state index in [-0.39, 0.29) is 18.4 Å². The molecule has 0 radical (unpaired) electrons. The van der Waals surface area contributed by atoms with Crippen molar-refractivity contribution in [2.75, 3.05) is 0 Å². The van der Waals surface area contributed by atoms with Crippen LogP contribution >= 0.6 is 0 Å². The maximum absolute atomic E-state index is 11.4. The van der Waals surface area contributed by atoms with Crippen molar-refractivity contribution in [3.05, 3.63) is 118 Å². The largest absolute Gasteiger partial charge is 0.488 e. The van der Waals surface area contributed by atoms with Crippen LogP contribution < -0.4 is 9.47 Å². The first-order valence-corrected chi connectivity index (χ1v) is 13.7. The van der Waals surface area contributed by atoms with Crippen molar-refractivity contribution in [2.24, 2.45) is 0 Å². The molecular formula is C36H34O4. The third-order valence-electron chi connectivity index (χ3n) is 7.49. The average Bonchev–Trinajstić information content (AvgIpc) is 2.96. The molecule has 4 heteroatoms. The fourth-order valence-electron chi connectivity index (χ4n) is 5.50. The predicted octanol–water partition coefficient (Wildman–Crippen LogP) is 8.20. The van der Waals surface area contributed by atoms with Crippen molar-refractivity contribution in [1.29, 1.82) is 0 Å². The molecule has 0 spiro atoms. The van der Waals surface area contributed by atoms with Crippen LogP contribution in [0.5, 0.6) is 11.5 Å². The number of hydrogen-bond acceptors (Lipinski definition) is 3. The summed E-state index contributed by atoms with van der Waals surface area (Å²) in [6, 6.07) is 29.0. The monoisotopic (exact) mass is 530 g/mol. The Morgan fingerprint density at radius 3 is 2.50 bits per heavy atom. The topological polar surface area (TPSA) is 55.8 Å². The summed E-state index contributed by atoms with van der Waals surface area (Å²) in [6.45, 7) is 6.52. The van der Waals surface area contributed by atoms with Gasteiger partial charge in [-0.1, -0.05) is 72.7 Å². The molecule has 0 fully saturated rings. The summed E-state index contributed by atoms with van der Waals surface area (Å²) in [5.74, 6) is 6.44. The first-order chi connectivity index (χ1) is 19.4. The summed E-state index contributed by atoms with van der Waals surface area (Å²) in [7, 11) is 0. The zero-order valence-electron chi connectivity index (χ0n) is 23.2. The van der Waals surface area contributed by atoms with E-state index in [9.17, 15) is 9.90 Å². The van der Waals surface area contributed by atoms with Crippen molar-refractivity contribution in [3.63, 3.8) is 0 Å². The molecule has 0 saturated heterocycles. The smallest absolute Gasteiger partial charge is 0.304 e. The SMILES string of the molecule is CC#CC(CC(=O)O)c1ccc2c(c1)CCC(c1ccc(OCc3ccccc3)c(-c3c(C)cccc3C)c1)O2. The van der Waals surface area contributed by atoms with E-state index in [1.807, 2.05) is 30.3 Å². The average molecular weight is 531 g/mol. The van der Waals surface area contributed by atoms with Crippen LogP contribution in [0.15, 0.2) is 84.9 Å². The molecule has 4 nitrogen and oxygen atoms in total. The second-order valence-electron chi connectivity index (χ2n) is 10.4. The Bertz CT molecular complexity index is 1560. The molecule has 40 heavy (non-hydrogen) atoms. The Balaban J connectivity index is 1.44. The summed E-state index contributed by atoms with van der Waals surface area (Å²) >= 11 is 0. The maximum atomic E-state index is 11.4. The fraction of sp³-hybridized carbons (Fsp3) is 0.250. The third-order valence-corrected chi connectivity index (χ3v) is 7.49. The summed E-state index contributed by atoms with van der Waals surface area (Å²) in [5.41, 5.74) is 8.93. The van der Waals surface area contributed by atoms with Gasteiger partial charge < -0.3 is 14.6 Å². The molecule has 1 aliphatic rings. The highest BCUT2D eigenvalue weighted by Gasteiger charge is 2.25. The Hall–Kier alpha value is -4.49. The lowest BCUT2D eigenvalue weighted by atomic mass is 9.89. The number of fused-ring (bicyclic) bond motifs is 1. The summed E-state index contributed by atoms with van der Waals surface area (Å²) < 4.78 is 12.9. The summed E-state index contributed by atoms with van der Waals surface area (Å²) in [4.78, 5) is 11.4. The number of carbonyl (C=O) groups is 1. The minimum Gasteiger partial charge on any atom is -0.488 e. The maximum Gasteiger partial charge on any atom is 0.304 e. The van der Waals surface area contributed by atoms with Crippen molar-refractivity contribution < 1.29 is 19.4 Å².